The number of fused-ring (bicyclic) bond motifs is 6. The number of rotatable bonds is 7. The number of anilines is 2. The molecular formula is C33H42N14O3. The Labute approximate surface area is 288 Å². The normalized spacial score (nSPS) is 17.0. The van der Waals surface area contributed by atoms with E-state index in [9.17, 15) is 14.4 Å². The van der Waals surface area contributed by atoms with E-state index in [2.05, 4.69) is 36.1 Å². The zero-order chi connectivity index (χ0) is 34.9. The van der Waals surface area contributed by atoms with Crippen LogP contribution in [0, 0.1) is 0 Å². The number of carbonyl (C=O) groups is 3. The van der Waals surface area contributed by atoms with E-state index in [1.807, 2.05) is 19.4 Å². The van der Waals surface area contributed by atoms with Gasteiger partial charge in [0.1, 0.15) is 0 Å². The summed E-state index contributed by atoms with van der Waals surface area (Å²) in [7, 11) is 3.62. The molecule has 2 saturated heterocycles. The number of carbonyl (C=O) groups excluding carboxylic acids is 3. The minimum atomic E-state index is -0.514. The number of aromatic nitrogens is 8. The van der Waals surface area contributed by atoms with E-state index in [1.54, 1.807) is 21.3 Å². The number of hydrogen-bond donors (Lipinski definition) is 5. The summed E-state index contributed by atoms with van der Waals surface area (Å²) in [6.45, 7) is 3.49. The van der Waals surface area contributed by atoms with E-state index in [1.165, 1.54) is 0 Å². The van der Waals surface area contributed by atoms with E-state index in [-0.39, 0.29) is 6.04 Å². The van der Waals surface area contributed by atoms with Gasteiger partial charge in [0.15, 0.2) is 11.4 Å². The van der Waals surface area contributed by atoms with Gasteiger partial charge in [-0.3, -0.25) is 23.7 Å². The number of nitrogens with zero attached hydrogens (tertiary/aromatic N) is 9. The molecule has 3 amide bonds. The molecule has 4 aromatic heterocycles. The third kappa shape index (κ3) is 6.47. The average Bonchev–Trinajstić information content (AvgIpc) is 3.66. The van der Waals surface area contributed by atoms with Crippen molar-refractivity contribution < 1.29 is 14.4 Å². The molecule has 17 heteroatoms. The lowest BCUT2D eigenvalue weighted by atomic mass is 9.93. The molecule has 0 radical (unpaired) electrons. The summed E-state index contributed by atoms with van der Waals surface area (Å²) in [5.41, 5.74) is 18.8. The number of amides is 3. The van der Waals surface area contributed by atoms with Crippen molar-refractivity contribution in [3.63, 3.8) is 0 Å². The first-order valence-corrected chi connectivity index (χ1v) is 17.1. The van der Waals surface area contributed by atoms with Crippen molar-refractivity contribution in [1.82, 2.24) is 49.7 Å². The summed E-state index contributed by atoms with van der Waals surface area (Å²) in [6.07, 6.45) is 11.4. The number of nitrogens with two attached hydrogens (primary N) is 2. The largest absolute Gasteiger partial charge is 0.364 e. The summed E-state index contributed by atoms with van der Waals surface area (Å²) in [4.78, 5) is 54.2. The Bertz CT molecular complexity index is 1940. The van der Waals surface area contributed by atoms with Crippen molar-refractivity contribution >= 4 is 30.1 Å². The van der Waals surface area contributed by atoms with Crippen LogP contribution in [0.4, 0.5) is 11.9 Å². The quantitative estimate of drug-likeness (QED) is 0.166. The topological polar surface area (TPSA) is 230 Å². The van der Waals surface area contributed by atoms with Gasteiger partial charge in [-0.05, 0) is 75.6 Å². The maximum absolute atomic E-state index is 11.7. The second-order valence-electron chi connectivity index (χ2n) is 13.2. The smallest absolute Gasteiger partial charge is 0.269 e. The Morgan fingerprint density at radius 1 is 0.760 bits per heavy atom. The van der Waals surface area contributed by atoms with E-state index >= 15 is 0 Å². The fourth-order valence-corrected chi connectivity index (χ4v) is 7.33. The zero-order valence-corrected chi connectivity index (χ0v) is 28.3. The maximum atomic E-state index is 11.7. The van der Waals surface area contributed by atoms with Crippen LogP contribution in [0.1, 0.15) is 68.9 Å². The second kappa shape index (κ2) is 13.8. The zero-order valence-electron chi connectivity index (χ0n) is 28.3. The van der Waals surface area contributed by atoms with Gasteiger partial charge >= 0.3 is 0 Å². The third-order valence-electron chi connectivity index (χ3n) is 9.91. The predicted molar refractivity (Wildman–Crippen MR) is 184 cm³/mol. The minimum Gasteiger partial charge on any atom is -0.364 e. The molecule has 0 unspecified atom stereocenters. The highest BCUT2D eigenvalue weighted by Gasteiger charge is 2.30. The number of nitrogens with one attached hydrogen (secondary N) is 3. The molecule has 262 valence electrons. The number of hydrogen-bond acceptors (Lipinski definition) is 12. The van der Waals surface area contributed by atoms with Crippen LogP contribution in [0.25, 0.3) is 22.8 Å². The molecule has 7 N–H and O–H groups in total. The monoisotopic (exact) mass is 682 g/mol. The Kier molecular flexibility index (Phi) is 9.14. The summed E-state index contributed by atoms with van der Waals surface area (Å²) >= 11 is 0. The van der Waals surface area contributed by atoms with Crippen molar-refractivity contribution in [3.05, 3.63) is 46.0 Å². The molecule has 50 heavy (non-hydrogen) atoms. The van der Waals surface area contributed by atoms with Gasteiger partial charge in [0, 0.05) is 62.8 Å². The van der Waals surface area contributed by atoms with Crippen molar-refractivity contribution in [3.8, 4) is 22.8 Å². The highest BCUT2D eigenvalue weighted by molar-refractivity contribution is 5.95. The van der Waals surface area contributed by atoms with Crippen LogP contribution in [-0.4, -0.2) is 101 Å². The average molecular weight is 683 g/mol. The van der Waals surface area contributed by atoms with Gasteiger partial charge in [0.25, 0.3) is 11.8 Å². The van der Waals surface area contributed by atoms with Gasteiger partial charge in [0.05, 0.1) is 22.8 Å². The molecule has 0 spiro atoms. The first-order chi connectivity index (χ1) is 24.2. The molecule has 0 bridgehead atoms. The second-order valence-corrected chi connectivity index (χ2v) is 13.2. The molecule has 17 nitrogen and oxygen atoms in total. The highest BCUT2D eigenvalue weighted by Crippen LogP contribution is 2.35. The molecule has 6 heterocycles. The molecule has 2 fully saturated rings. The van der Waals surface area contributed by atoms with Crippen molar-refractivity contribution in [2.75, 3.05) is 36.8 Å². The van der Waals surface area contributed by atoms with Crippen molar-refractivity contribution in [2.45, 2.75) is 63.5 Å². The first-order valence-electron chi connectivity index (χ1n) is 17.1. The standard InChI is InChI=1S/C17H21N7O2.C16H21N7O/c1-23-15-12(14(22-23)16(18)26)3-2-10-8-19-17(21-13(10)15)20-11-4-6-24(9-25)7-5-11;1-23-14-11(13(22-23)15(17)24)3-2-9-8-19-16(21-12(9)14)20-10-4-6-18-7-5-10/h8-9,11H,2-7H2,1H3,(H2,18,26)(H,19,20,21);8,10,18H,2-7H2,1H3,(H2,17,24)(H,19,20,21). The fourth-order valence-electron chi connectivity index (χ4n) is 7.33. The van der Waals surface area contributed by atoms with Crippen LogP contribution in [0.15, 0.2) is 12.4 Å². The van der Waals surface area contributed by atoms with Crippen LogP contribution in [0.5, 0.6) is 0 Å². The number of primary amides is 2. The van der Waals surface area contributed by atoms with Crippen LogP contribution in [-0.2, 0) is 44.6 Å². The first kappa shape index (κ1) is 33.1. The van der Waals surface area contributed by atoms with Gasteiger partial charge in [0.2, 0.25) is 18.3 Å². The molecular weight excluding hydrogens is 640 g/mol. The Morgan fingerprint density at radius 3 is 1.66 bits per heavy atom. The van der Waals surface area contributed by atoms with Gasteiger partial charge in [-0.15, -0.1) is 0 Å². The SMILES string of the molecule is Cn1nc(C(N)=O)c2c1-c1nc(NC3CCN(C=O)CC3)ncc1CC2.Cn1nc(C(N)=O)c2c1-c1nc(NC3CCNCC3)ncc1CC2. The fraction of sp³-hybridized carbons (Fsp3) is 0.485. The van der Waals surface area contributed by atoms with E-state index in [4.69, 9.17) is 21.4 Å². The summed E-state index contributed by atoms with van der Waals surface area (Å²) in [5.74, 6) is 0.190. The number of piperidine rings is 2. The summed E-state index contributed by atoms with van der Waals surface area (Å²) in [5, 5.41) is 18.7. The van der Waals surface area contributed by atoms with E-state index < -0.39 is 11.8 Å². The Morgan fingerprint density at radius 2 is 1.22 bits per heavy atom. The molecule has 2 aliphatic carbocycles. The lowest BCUT2D eigenvalue weighted by Gasteiger charge is -2.29. The van der Waals surface area contributed by atoms with Crippen LogP contribution >= 0.6 is 0 Å². The lowest BCUT2D eigenvalue weighted by molar-refractivity contribution is -0.118. The molecule has 0 aromatic carbocycles. The summed E-state index contributed by atoms with van der Waals surface area (Å²) in [6, 6.07) is 0.625. The maximum Gasteiger partial charge on any atom is 0.269 e. The molecule has 4 aliphatic rings. The Balaban J connectivity index is 0.000000157. The third-order valence-corrected chi connectivity index (χ3v) is 9.91. The van der Waals surface area contributed by atoms with Gasteiger partial charge in [-0.25, -0.2) is 19.9 Å². The van der Waals surface area contributed by atoms with Gasteiger partial charge in [-0.1, -0.05) is 0 Å². The molecule has 2 aliphatic heterocycles. The van der Waals surface area contributed by atoms with Crippen LogP contribution < -0.4 is 27.4 Å². The van der Waals surface area contributed by atoms with Crippen LogP contribution in [0.3, 0.4) is 0 Å². The Hall–Kier alpha value is -5.45. The highest BCUT2D eigenvalue weighted by atomic mass is 16.2. The summed E-state index contributed by atoms with van der Waals surface area (Å²) < 4.78 is 3.38. The predicted octanol–water partition coefficient (Wildman–Crippen LogP) is 0.346. The van der Waals surface area contributed by atoms with Crippen molar-refractivity contribution in [1.29, 1.82) is 0 Å². The van der Waals surface area contributed by atoms with E-state index in [0.717, 1.165) is 123 Å². The molecule has 0 saturated carbocycles. The molecule has 0 atom stereocenters. The minimum absolute atomic E-state index is 0.236. The van der Waals surface area contributed by atoms with Gasteiger partial charge < -0.3 is 32.3 Å². The van der Waals surface area contributed by atoms with E-state index in [0.29, 0.717) is 35.7 Å². The number of likely N-dealkylation sites (tertiary alicyclic amines) is 1. The number of aryl methyl sites for hydroxylation is 4. The van der Waals surface area contributed by atoms with Gasteiger partial charge in [-0.2, -0.15) is 10.2 Å². The van der Waals surface area contributed by atoms with Crippen molar-refractivity contribution in [2.24, 2.45) is 25.6 Å². The van der Waals surface area contributed by atoms with Crippen LogP contribution in [0.2, 0.25) is 0 Å². The molecule has 8 rings (SSSR count). The molecule has 4 aromatic rings. The lowest BCUT2D eigenvalue weighted by Crippen LogP contribution is -2.38.